The molecule has 0 aromatic heterocycles. The van der Waals surface area contributed by atoms with Gasteiger partial charge in [-0.1, -0.05) is 61.5 Å². The van der Waals surface area contributed by atoms with Crippen LogP contribution >= 0.6 is 0 Å². The van der Waals surface area contributed by atoms with Gasteiger partial charge in [-0.25, -0.2) is 0 Å². The summed E-state index contributed by atoms with van der Waals surface area (Å²) >= 11 is 0. The van der Waals surface area contributed by atoms with Crippen LogP contribution in [0.25, 0.3) is 10.8 Å². The summed E-state index contributed by atoms with van der Waals surface area (Å²) in [4.78, 5) is 26.7. The van der Waals surface area contributed by atoms with Crippen molar-refractivity contribution in [1.29, 1.82) is 0 Å². The van der Waals surface area contributed by atoms with E-state index in [0.29, 0.717) is 18.7 Å². The Bertz CT molecular complexity index is 1020. The highest BCUT2D eigenvalue weighted by Crippen LogP contribution is 2.15. The molecule has 0 atom stereocenters. The van der Waals surface area contributed by atoms with Gasteiger partial charge >= 0.3 is 0 Å². The third-order valence-electron chi connectivity index (χ3n) is 5.12. The molecule has 3 aromatic carbocycles. The van der Waals surface area contributed by atoms with Crippen molar-refractivity contribution >= 4 is 22.6 Å². The number of amides is 2. The lowest BCUT2D eigenvalue weighted by Gasteiger charge is -2.14. The van der Waals surface area contributed by atoms with Crippen molar-refractivity contribution in [2.45, 2.75) is 26.4 Å². The topological polar surface area (TPSA) is 61.4 Å². The minimum absolute atomic E-state index is 0.0788. The van der Waals surface area contributed by atoms with Crippen molar-refractivity contribution in [3.05, 3.63) is 83.4 Å². The Labute approximate surface area is 178 Å². The molecule has 3 aromatic rings. The number of fused-ring (bicyclic) bond motifs is 1. The van der Waals surface area contributed by atoms with Crippen LogP contribution in [0.3, 0.4) is 0 Å². The third-order valence-corrected chi connectivity index (χ3v) is 5.12. The van der Waals surface area contributed by atoms with Gasteiger partial charge in [-0.3, -0.25) is 9.59 Å². The van der Waals surface area contributed by atoms with E-state index < -0.39 is 0 Å². The van der Waals surface area contributed by atoms with E-state index in [-0.39, 0.29) is 18.2 Å². The molecule has 5 heteroatoms. The molecule has 0 unspecified atom stereocenters. The quantitative estimate of drug-likeness (QED) is 0.572. The smallest absolute Gasteiger partial charge is 0.251 e. The summed E-state index contributed by atoms with van der Waals surface area (Å²) in [5, 5.41) is 7.87. The van der Waals surface area contributed by atoms with E-state index in [1.807, 2.05) is 48.5 Å². The zero-order chi connectivity index (χ0) is 21.3. The molecule has 0 fully saturated rings. The molecule has 2 amide bonds. The van der Waals surface area contributed by atoms with Gasteiger partial charge in [0.1, 0.15) is 0 Å². The second-order valence-corrected chi connectivity index (χ2v) is 7.49. The first-order chi connectivity index (χ1) is 14.5. The van der Waals surface area contributed by atoms with Crippen LogP contribution < -0.4 is 10.6 Å². The Kier molecular flexibility index (Phi) is 7.57. The number of carbonyl (C=O) groups excluding carboxylic acids is 2. The molecule has 0 heterocycles. The lowest BCUT2D eigenvalue weighted by molar-refractivity contribution is -0.121. The molecule has 0 saturated heterocycles. The molecule has 0 radical (unpaired) electrons. The van der Waals surface area contributed by atoms with Crippen LogP contribution in [0.15, 0.2) is 66.7 Å². The first-order valence-electron chi connectivity index (χ1n) is 10.3. The number of hydrogen-bond donors (Lipinski definition) is 2. The minimum Gasteiger partial charge on any atom is -0.352 e. The van der Waals surface area contributed by atoms with E-state index >= 15 is 0 Å². The van der Waals surface area contributed by atoms with E-state index in [1.165, 1.54) is 5.56 Å². The largest absolute Gasteiger partial charge is 0.352 e. The summed E-state index contributed by atoms with van der Waals surface area (Å²) in [5.41, 5.74) is 2.90. The molecular formula is C25H29N3O2. The fourth-order valence-corrected chi connectivity index (χ4v) is 3.27. The summed E-state index contributed by atoms with van der Waals surface area (Å²) in [6.07, 6.45) is 0.248. The highest BCUT2D eigenvalue weighted by atomic mass is 16.2. The Morgan fingerprint density at radius 3 is 2.43 bits per heavy atom. The van der Waals surface area contributed by atoms with Crippen molar-refractivity contribution in [3.8, 4) is 0 Å². The van der Waals surface area contributed by atoms with Gasteiger partial charge in [0, 0.05) is 31.6 Å². The van der Waals surface area contributed by atoms with Gasteiger partial charge in [0.25, 0.3) is 5.91 Å². The van der Waals surface area contributed by atoms with Crippen molar-refractivity contribution < 1.29 is 9.59 Å². The Morgan fingerprint density at radius 1 is 0.867 bits per heavy atom. The maximum absolute atomic E-state index is 12.4. The number of benzene rings is 3. The molecule has 0 aliphatic rings. The fraction of sp³-hybridized carbons (Fsp3) is 0.280. The molecule has 2 N–H and O–H groups in total. The number of nitrogens with zero attached hydrogens (tertiary/aromatic N) is 1. The van der Waals surface area contributed by atoms with E-state index in [1.54, 1.807) is 6.07 Å². The number of carbonyl (C=O) groups is 2. The molecular weight excluding hydrogens is 374 g/mol. The highest BCUT2D eigenvalue weighted by Gasteiger charge is 2.08. The lowest BCUT2D eigenvalue weighted by Crippen LogP contribution is -2.30. The first-order valence-corrected chi connectivity index (χ1v) is 10.3. The standard InChI is InChI=1S/C25H29N3O2/c1-3-28(2)18-20-8-6-7-19(15-20)17-27-24(29)13-14-26-25(30)23-12-11-21-9-4-5-10-22(21)16-23/h4-12,15-16H,3,13-14,17-18H2,1-2H3,(H,26,30)(H,27,29). The Morgan fingerprint density at radius 2 is 1.63 bits per heavy atom. The Hall–Kier alpha value is -3.18. The second kappa shape index (κ2) is 10.6. The zero-order valence-electron chi connectivity index (χ0n) is 17.7. The molecule has 3 rings (SSSR count). The number of rotatable bonds is 9. The van der Waals surface area contributed by atoms with Gasteiger partial charge in [0.2, 0.25) is 5.91 Å². The SMILES string of the molecule is CCN(C)Cc1cccc(CNC(=O)CCNC(=O)c2ccc3ccccc3c2)c1. The number of nitrogens with one attached hydrogen (secondary N) is 2. The van der Waals surface area contributed by atoms with Crippen LogP contribution in [-0.4, -0.2) is 36.9 Å². The van der Waals surface area contributed by atoms with Crippen molar-refractivity contribution in [3.63, 3.8) is 0 Å². The lowest BCUT2D eigenvalue weighted by atomic mass is 10.1. The summed E-state index contributed by atoms with van der Waals surface area (Å²) in [5.74, 6) is -0.244. The summed E-state index contributed by atoms with van der Waals surface area (Å²) < 4.78 is 0. The van der Waals surface area contributed by atoms with Crippen molar-refractivity contribution in [2.24, 2.45) is 0 Å². The molecule has 0 saturated carbocycles. The average molecular weight is 404 g/mol. The van der Waals surface area contributed by atoms with Crippen LogP contribution in [0.2, 0.25) is 0 Å². The molecule has 156 valence electrons. The van der Waals surface area contributed by atoms with Crippen LogP contribution in [0, 0.1) is 0 Å². The van der Waals surface area contributed by atoms with Gasteiger partial charge in [0.05, 0.1) is 0 Å². The van der Waals surface area contributed by atoms with E-state index in [0.717, 1.165) is 29.4 Å². The molecule has 0 bridgehead atoms. The average Bonchev–Trinajstić information content (AvgIpc) is 2.77. The summed E-state index contributed by atoms with van der Waals surface area (Å²) in [7, 11) is 2.08. The molecule has 0 spiro atoms. The predicted octanol–water partition coefficient (Wildman–Crippen LogP) is 3.73. The predicted molar refractivity (Wildman–Crippen MR) is 121 cm³/mol. The van der Waals surface area contributed by atoms with Crippen molar-refractivity contribution in [1.82, 2.24) is 15.5 Å². The zero-order valence-corrected chi connectivity index (χ0v) is 17.7. The summed E-state index contributed by atoms with van der Waals surface area (Å²) in [6, 6.07) is 21.8. The second-order valence-electron chi connectivity index (χ2n) is 7.49. The maximum Gasteiger partial charge on any atom is 0.251 e. The third kappa shape index (κ3) is 6.16. The minimum atomic E-state index is -0.165. The van der Waals surface area contributed by atoms with E-state index in [4.69, 9.17) is 0 Å². The van der Waals surface area contributed by atoms with E-state index in [2.05, 4.69) is 41.6 Å². The molecule has 5 nitrogen and oxygen atoms in total. The van der Waals surface area contributed by atoms with Gasteiger partial charge < -0.3 is 15.5 Å². The number of hydrogen-bond acceptors (Lipinski definition) is 3. The maximum atomic E-state index is 12.4. The van der Waals surface area contributed by atoms with Crippen LogP contribution in [0.5, 0.6) is 0 Å². The monoisotopic (exact) mass is 403 g/mol. The van der Waals surface area contributed by atoms with Gasteiger partial charge in [0.15, 0.2) is 0 Å². The normalized spacial score (nSPS) is 10.9. The van der Waals surface area contributed by atoms with Crippen molar-refractivity contribution in [2.75, 3.05) is 20.1 Å². The van der Waals surface area contributed by atoms with Gasteiger partial charge in [-0.05, 0) is 47.6 Å². The first kappa shape index (κ1) is 21.5. The molecule has 30 heavy (non-hydrogen) atoms. The Balaban J connectivity index is 1.43. The fourth-order valence-electron chi connectivity index (χ4n) is 3.27. The van der Waals surface area contributed by atoms with Crippen LogP contribution in [0.1, 0.15) is 34.8 Å². The van der Waals surface area contributed by atoms with Gasteiger partial charge in [-0.15, -0.1) is 0 Å². The van der Waals surface area contributed by atoms with Crippen LogP contribution in [0.4, 0.5) is 0 Å². The summed E-state index contributed by atoms with van der Waals surface area (Å²) in [6.45, 7) is 4.80. The molecule has 0 aliphatic heterocycles. The highest BCUT2D eigenvalue weighted by molar-refractivity contribution is 5.98. The molecule has 0 aliphatic carbocycles. The van der Waals surface area contributed by atoms with Gasteiger partial charge in [-0.2, -0.15) is 0 Å². The van der Waals surface area contributed by atoms with E-state index in [9.17, 15) is 9.59 Å². The van der Waals surface area contributed by atoms with Crippen LogP contribution in [-0.2, 0) is 17.9 Å².